The SMILES string of the molecule is CCc1cc(C(=O)O)cc(N2CCC(C)(O)C2)n1. The second-order valence-electron chi connectivity index (χ2n) is 5.03. The molecule has 18 heavy (non-hydrogen) atoms. The maximum atomic E-state index is 11.1. The van der Waals surface area contributed by atoms with Gasteiger partial charge in [-0.25, -0.2) is 9.78 Å². The van der Waals surface area contributed by atoms with Crippen LogP contribution in [0.25, 0.3) is 0 Å². The van der Waals surface area contributed by atoms with Crippen molar-refractivity contribution in [3.05, 3.63) is 23.4 Å². The number of rotatable bonds is 3. The van der Waals surface area contributed by atoms with Crippen LogP contribution in [-0.2, 0) is 6.42 Å². The van der Waals surface area contributed by atoms with Crippen molar-refractivity contribution in [3.63, 3.8) is 0 Å². The first kappa shape index (κ1) is 12.8. The van der Waals surface area contributed by atoms with Gasteiger partial charge in [0.05, 0.1) is 11.2 Å². The molecule has 2 N–H and O–H groups in total. The monoisotopic (exact) mass is 250 g/mol. The van der Waals surface area contributed by atoms with Crippen LogP contribution in [0.15, 0.2) is 12.1 Å². The molecular weight excluding hydrogens is 232 g/mol. The summed E-state index contributed by atoms with van der Waals surface area (Å²) in [5, 5.41) is 19.0. The Morgan fingerprint density at radius 2 is 2.28 bits per heavy atom. The van der Waals surface area contributed by atoms with E-state index in [0.717, 1.165) is 5.69 Å². The van der Waals surface area contributed by atoms with E-state index in [1.807, 2.05) is 11.8 Å². The Hall–Kier alpha value is -1.62. The topological polar surface area (TPSA) is 73.7 Å². The van der Waals surface area contributed by atoms with E-state index in [1.165, 1.54) is 0 Å². The van der Waals surface area contributed by atoms with E-state index in [0.29, 0.717) is 31.7 Å². The van der Waals surface area contributed by atoms with Crippen LogP contribution >= 0.6 is 0 Å². The number of carbonyl (C=O) groups is 1. The third-order valence-electron chi connectivity index (χ3n) is 3.25. The predicted molar refractivity (Wildman–Crippen MR) is 68.0 cm³/mol. The Bertz CT molecular complexity index is 471. The highest BCUT2D eigenvalue weighted by Gasteiger charge is 2.32. The van der Waals surface area contributed by atoms with Crippen LogP contribution in [0, 0.1) is 0 Å². The molecule has 0 spiro atoms. The van der Waals surface area contributed by atoms with E-state index in [2.05, 4.69) is 4.98 Å². The lowest BCUT2D eigenvalue weighted by Gasteiger charge is -2.20. The van der Waals surface area contributed by atoms with Crippen molar-refractivity contribution >= 4 is 11.8 Å². The fourth-order valence-electron chi connectivity index (χ4n) is 2.18. The van der Waals surface area contributed by atoms with Gasteiger partial charge in [-0.1, -0.05) is 6.92 Å². The number of carboxylic acid groups (broad SMARTS) is 1. The summed E-state index contributed by atoms with van der Waals surface area (Å²) in [5.74, 6) is -0.302. The lowest BCUT2D eigenvalue weighted by molar-refractivity contribution is 0.0696. The summed E-state index contributed by atoms with van der Waals surface area (Å²) in [6, 6.07) is 3.17. The smallest absolute Gasteiger partial charge is 0.335 e. The van der Waals surface area contributed by atoms with Crippen LogP contribution in [0.2, 0.25) is 0 Å². The van der Waals surface area contributed by atoms with Crippen LogP contribution in [0.3, 0.4) is 0 Å². The minimum Gasteiger partial charge on any atom is -0.478 e. The first-order chi connectivity index (χ1) is 8.41. The summed E-state index contributed by atoms with van der Waals surface area (Å²) in [7, 11) is 0. The highest BCUT2D eigenvalue weighted by atomic mass is 16.4. The molecule has 5 nitrogen and oxygen atoms in total. The lowest BCUT2D eigenvalue weighted by atomic mass is 10.1. The van der Waals surface area contributed by atoms with E-state index in [1.54, 1.807) is 19.1 Å². The minimum atomic E-state index is -0.945. The van der Waals surface area contributed by atoms with Crippen molar-refractivity contribution in [2.24, 2.45) is 0 Å². The molecule has 1 aliphatic heterocycles. The van der Waals surface area contributed by atoms with Gasteiger partial charge in [-0.05, 0) is 31.9 Å². The number of pyridine rings is 1. The number of anilines is 1. The van der Waals surface area contributed by atoms with Gasteiger partial charge in [0.1, 0.15) is 5.82 Å². The standard InChI is InChI=1S/C13H18N2O3/c1-3-10-6-9(12(16)17)7-11(14-10)15-5-4-13(2,18)8-15/h6-7,18H,3-5,8H2,1-2H3,(H,16,17). The Morgan fingerprint density at radius 3 is 2.78 bits per heavy atom. The van der Waals surface area contributed by atoms with Crippen LogP contribution in [0.1, 0.15) is 36.3 Å². The van der Waals surface area contributed by atoms with E-state index in [4.69, 9.17) is 5.11 Å². The second-order valence-corrected chi connectivity index (χ2v) is 5.03. The van der Waals surface area contributed by atoms with Crippen LogP contribution in [-0.4, -0.2) is 39.9 Å². The fraction of sp³-hybridized carbons (Fsp3) is 0.538. The number of aryl methyl sites for hydroxylation is 1. The first-order valence-electron chi connectivity index (χ1n) is 6.13. The molecule has 0 aliphatic carbocycles. The fourth-order valence-corrected chi connectivity index (χ4v) is 2.18. The summed E-state index contributed by atoms with van der Waals surface area (Å²) < 4.78 is 0. The van der Waals surface area contributed by atoms with Gasteiger partial charge < -0.3 is 15.1 Å². The average molecular weight is 250 g/mol. The van der Waals surface area contributed by atoms with Gasteiger partial charge in [0, 0.05) is 18.8 Å². The molecule has 1 unspecified atom stereocenters. The molecule has 0 saturated carbocycles. The Balaban J connectivity index is 2.33. The molecular formula is C13H18N2O3. The summed E-state index contributed by atoms with van der Waals surface area (Å²) in [4.78, 5) is 17.4. The van der Waals surface area contributed by atoms with Crippen molar-refractivity contribution in [2.75, 3.05) is 18.0 Å². The molecule has 1 fully saturated rings. The molecule has 1 saturated heterocycles. The number of hydrogen-bond donors (Lipinski definition) is 2. The molecule has 1 atom stereocenters. The molecule has 2 heterocycles. The van der Waals surface area contributed by atoms with Crippen molar-refractivity contribution in [3.8, 4) is 0 Å². The zero-order valence-corrected chi connectivity index (χ0v) is 10.7. The lowest BCUT2D eigenvalue weighted by Crippen LogP contribution is -2.30. The number of β-amino-alcohol motifs (C(OH)–C–C–N with tert-alkyl or cyclic N) is 1. The Labute approximate surface area is 106 Å². The number of nitrogens with zero attached hydrogens (tertiary/aromatic N) is 2. The van der Waals surface area contributed by atoms with Gasteiger partial charge in [0.2, 0.25) is 0 Å². The third kappa shape index (κ3) is 2.61. The number of aromatic nitrogens is 1. The molecule has 5 heteroatoms. The van der Waals surface area contributed by atoms with Gasteiger partial charge in [-0.3, -0.25) is 0 Å². The summed E-state index contributed by atoms with van der Waals surface area (Å²) in [6.45, 7) is 4.92. The predicted octanol–water partition coefficient (Wildman–Crippen LogP) is 1.30. The molecule has 1 aliphatic rings. The molecule has 0 amide bonds. The average Bonchev–Trinajstić information content (AvgIpc) is 2.69. The van der Waals surface area contributed by atoms with E-state index in [9.17, 15) is 9.90 Å². The summed E-state index contributed by atoms with van der Waals surface area (Å²) >= 11 is 0. The van der Waals surface area contributed by atoms with E-state index < -0.39 is 11.6 Å². The molecule has 98 valence electrons. The summed E-state index contributed by atoms with van der Waals surface area (Å²) in [6.07, 6.45) is 1.37. The van der Waals surface area contributed by atoms with Crippen molar-refractivity contribution < 1.29 is 15.0 Å². The van der Waals surface area contributed by atoms with Crippen molar-refractivity contribution in [1.82, 2.24) is 4.98 Å². The molecule has 0 radical (unpaired) electrons. The maximum Gasteiger partial charge on any atom is 0.335 e. The van der Waals surface area contributed by atoms with Crippen LogP contribution in [0.4, 0.5) is 5.82 Å². The van der Waals surface area contributed by atoms with Crippen LogP contribution in [0.5, 0.6) is 0 Å². The van der Waals surface area contributed by atoms with Gasteiger partial charge in [0.15, 0.2) is 0 Å². The van der Waals surface area contributed by atoms with Crippen molar-refractivity contribution in [1.29, 1.82) is 0 Å². The highest BCUT2D eigenvalue weighted by Crippen LogP contribution is 2.26. The quantitative estimate of drug-likeness (QED) is 0.846. The number of aliphatic hydroxyl groups is 1. The van der Waals surface area contributed by atoms with Gasteiger partial charge in [-0.2, -0.15) is 0 Å². The minimum absolute atomic E-state index is 0.253. The van der Waals surface area contributed by atoms with Gasteiger partial charge >= 0.3 is 5.97 Å². The van der Waals surface area contributed by atoms with Gasteiger partial charge in [0.25, 0.3) is 0 Å². The van der Waals surface area contributed by atoms with E-state index >= 15 is 0 Å². The Morgan fingerprint density at radius 1 is 1.56 bits per heavy atom. The summed E-state index contributed by atoms with van der Waals surface area (Å²) in [5.41, 5.74) is 0.299. The van der Waals surface area contributed by atoms with Crippen molar-refractivity contribution in [2.45, 2.75) is 32.3 Å². The zero-order valence-electron chi connectivity index (χ0n) is 10.7. The highest BCUT2D eigenvalue weighted by molar-refractivity contribution is 5.88. The first-order valence-corrected chi connectivity index (χ1v) is 6.13. The number of carboxylic acids is 1. The number of hydrogen-bond acceptors (Lipinski definition) is 4. The third-order valence-corrected chi connectivity index (χ3v) is 3.25. The largest absolute Gasteiger partial charge is 0.478 e. The van der Waals surface area contributed by atoms with Gasteiger partial charge in [-0.15, -0.1) is 0 Å². The molecule has 0 bridgehead atoms. The molecule has 2 rings (SSSR count). The molecule has 1 aromatic rings. The number of aromatic carboxylic acids is 1. The second kappa shape index (κ2) is 4.57. The molecule has 0 aromatic carbocycles. The Kier molecular flexibility index (Phi) is 3.26. The van der Waals surface area contributed by atoms with E-state index in [-0.39, 0.29) is 5.56 Å². The van der Waals surface area contributed by atoms with Crippen LogP contribution < -0.4 is 4.90 Å². The zero-order chi connectivity index (χ0) is 13.3. The molecule has 1 aromatic heterocycles. The maximum absolute atomic E-state index is 11.1. The normalized spacial score (nSPS) is 23.4.